The predicted octanol–water partition coefficient (Wildman–Crippen LogP) is 0.755. The monoisotopic (exact) mass is 282 g/mol. The van der Waals surface area contributed by atoms with Crippen LogP contribution in [0.1, 0.15) is 12.5 Å². The molecule has 0 aromatic heterocycles. The second-order valence-corrected chi connectivity index (χ2v) is 4.38. The fraction of sp³-hybridized carbons (Fsp3) is 0.385. The second kappa shape index (κ2) is 6.65. The van der Waals surface area contributed by atoms with Crippen LogP contribution in [0.15, 0.2) is 18.2 Å². The van der Waals surface area contributed by atoms with E-state index in [1.54, 1.807) is 14.0 Å². The molecule has 0 aliphatic rings. The molecule has 0 unspecified atom stereocenters. The van der Waals surface area contributed by atoms with Crippen molar-refractivity contribution in [3.8, 4) is 11.5 Å². The standard InChI is InChI=1S/C13H18N2O5/c1-3-15(2)13(20)14-9(12(18)19)6-8-4-5-10(16)11(17)7-8/h4-5,7,9,16-17H,3,6H2,1-2H3,(H,14,20)(H,18,19)/t9-/m0/s1. The van der Waals surface area contributed by atoms with Crippen LogP contribution in [0, 0.1) is 0 Å². The van der Waals surface area contributed by atoms with Gasteiger partial charge < -0.3 is 25.5 Å². The summed E-state index contributed by atoms with van der Waals surface area (Å²) in [4.78, 5) is 24.2. The Kier molecular flexibility index (Phi) is 5.19. The van der Waals surface area contributed by atoms with Gasteiger partial charge in [-0.3, -0.25) is 0 Å². The highest BCUT2D eigenvalue weighted by atomic mass is 16.4. The lowest BCUT2D eigenvalue weighted by Gasteiger charge is -2.20. The van der Waals surface area contributed by atoms with E-state index in [0.717, 1.165) is 0 Å². The van der Waals surface area contributed by atoms with Crippen molar-refractivity contribution in [2.24, 2.45) is 0 Å². The zero-order valence-electron chi connectivity index (χ0n) is 11.3. The number of phenolic OH excluding ortho intramolecular Hbond substituents is 2. The van der Waals surface area contributed by atoms with Crippen LogP contribution in [0.25, 0.3) is 0 Å². The van der Waals surface area contributed by atoms with Gasteiger partial charge in [0, 0.05) is 20.0 Å². The maximum absolute atomic E-state index is 11.7. The summed E-state index contributed by atoms with van der Waals surface area (Å²) in [6, 6.07) is 2.42. The van der Waals surface area contributed by atoms with Gasteiger partial charge in [-0.1, -0.05) is 6.07 Å². The summed E-state index contributed by atoms with van der Waals surface area (Å²) in [7, 11) is 1.56. The maximum Gasteiger partial charge on any atom is 0.326 e. The summed E-state index contributed by atoms with van der Waals surface area (Å²) < 4.78 is 0. The first-order chi connectivity index (χ1) is 9.35. The molecule has 0 saturated carbocycles. The molecule has 0 heterocycles. The van der Waals surface area contributed by atoms with E-state index in [9.17, 15) is 19.8 Å². The molecule has 1 aromatic carbocycles. The van der Waals surface area contributed by atoms with Crippen molar-refractivity contribution in [3.63, 3.8) is 0 Å². The summed E-state index contributed by atoms with van der Waals surface area (Å²) in [5, 5.41) is 30.1. The quantitative estimate of drug-likeness (QED) is 0.596. The van der Waals surface area contributed by atoms with Crippen LogP contribution in [0.4, 0.5) is 4.79 Å². The number of nitrogens with zero attached hydrogens (tertiary/aromatic N) is 1. The molecule has 7 heteroatoms. The Hall–Kier alpha value is -2.44. The van der Waals surface area contributed by atoms with E-state index in [-0.39, 0.29) is 17.9 Å². The second-order valence-electron chi connectivity index (χ2n) is 4.38. The van der Waals surface area contributed by atoms with E-state index in [0.29, 0.717) is 12.1 Å². The highest BCUT2D eigenvalue weighted by Crippen LogP contribution is 2.25. The largest absolute Gasteiger partial charge is 0.504 e. The van der Waals surface area contributed by atoms with Crippen molar-refractivity contribution in [2.45, 2.75) is 19.4 Å². The van der Waals surface area contributed by atoms with Gasteiger partial charge in [0.1, 0.15) is 6.04 Å². The number of aliphatic carboxylic acids is 1. The number of hydrogen-bond acceptors (Lipinski definition) is 4. The maximum atomic E-state index is 11.7. The van der Waals surface area contributed by atoms with Crippen LogP contribution in [0.3, 0.4) is 0 Å². The molecule has 0 aliphatic heterocycles. The minimum Gasteiger partial charge on any atom is -0.504 e. The molecular formula is C13H18N2O5. The first-order valence-corrected chi connectivity index (χ1v) is 6.10. The molecule has 1 atom stereocenters. The SMILES string of the molecule is CCN(C)C(=O)N[C@@H](Cc1ccc(O)c(O)c1)C(=O)O. The number of urea groups is 1. The first-order valence-electron chi connectivity index (χ1n) is 6.10. The lowest BCUT2D eigenvalue weighted by molar-refractivity contribution is -0.139. The zero-order valence-corrected chi connectivity index (χ0v) is 11.3. The molecule has 2 amide bonds. The Labute approximate surface area is 116 Å². The predicted molar refractivity (Wildman–Crippen MR) is 71.7 cm³/mol. The number of carboxylic acids is 1. The third-order valence-electron chi connectivity index (χ3n) is 2.90. The summed E-state index contributed by atoms with van der Waals surface area (Å²) in [5.74, 6) is -1.78. The number of nitrogens with one attached hydrogen (secondary N) is 1. The average molecular weight is 282 g/mol. The van der Waals surface area contributed by atoms with Crippen molar-refractivity contribution >= 4 is 12.0 Å². The van der Waals surface area contributed by atoms with Gasteiger partial charge in [0.05, 0.1) is 0 Å². The van der Waals surface area contributed by atoms with E-state index >= 15 is 0 Å². The van der Waals surface area contributed by atoms with E-state index in [2.05, 4.69) is 5.32 Å². The van der Waals surface area contributed by atoms with E-state index in [4.69, 9.17) is 5.11 Å². The van der Waals surface area contributed by atoms with Crippen molar-refractivity contribution in [1.82, 2.24) is 10.2 Å². The topological polar surface area (TPSA) is 110 Å². The minimum absolute atomic E-state index is 0.00642. The molecule has 7 nitrogen and oxygen atoms in total. The Morgan fingerprint density at radius 2 is 1.95 bits per heavy atom. The molecule has 4 N–H and O–H groups in total. The molecule has 110 valence electrons. The summed E-state index contributed by atoms with van der Waals surface area (Å²) in [6.07, 6.45) is 0.00642. The molecule has 0 bridgehead atoms. The molecule has 0 saturated heterocycles. The van der Waals surface area contributed by atoms with Crippen LogP contribution >= 0.6 is 0 Å². The molecule has 0 aliphatic carbocycles. The molecule has 1 rings (SSSR count). The van der Waals surface area contributed by atoms with Crippen molar-refractivity contribution < 1.29 is 24.9 Å². The van der Waals surface area contributed by atoms with E-state index in [1.165, 1.54) is 23.1 Å². The van der Waals surface area contributed by atoms with Gasteiger partial charge in [-0.25, -0.2) is 9.59 Å². The van der Waals surface area contributed by atoms with E-state index in [1.807, 2.05) is 0 Å². The number of rotatable bonds is 5. The number of amides is 2. The van der Waals surface area contributed by atoms with Crippen LogP contribution in [-0.4, -0.2) is 51.9 Å². The minimum atomic E-state index is -1.17. The van der Waals surface area contributed by atoms with Gasteiger partial charge in [0.25, 0.3) is 0 Å². The summed E-state index contributed by atoms with van der Waals surface area (Å²) in [5.41, 5.74) is 0.493. The Bertz CT molecular complexity index is 504. The molecule has 20 heavy (non-hydrogen) atoms. The zero-order chi connectivity index (χ0) is 15.3. The average Bonchev–Trinajstić information content (AvgIpc) is 2.40. The molecule has 0 spiro atoms. The van der Waals surface area contributed by atoms with Crippen molar-refractivity contribution in [1.29, 1.82) is 0 Å². The molecular weight excluding hydrogens is 264 g/mol. The Balaban J connectivity index is 2.79. The number of carbonyl (C=O) groups is 2. The third-order valence-corrected chi connectivity index (χ3v) is 2.90. The smallest absolute Gasteiger partial charge is 0.326 e. The number of hydrogen-bond donors (Lipinski definition) is 4. The van der Waals surface area contributed by atoms with Gasteiger partial charge in [-0.15, -0.1) is 0 Å². The van der Waals surface area contributed by atoms with Crippen molar-refractivity contribution in [2.75, 3.05) is 13.6 Å². The lowest BCUT2D eigenvalue weighted by atomic mass is 10.1. The van der Waals surface area contributed by atoms with Gasteiger partial charge in [-0.05, 0) is 24.6 Å². The number of phenols is 2. The normalized spacial score (nSPS) is 11.7. The highest BCUT2D eigenvalue weighted by molar-refractivity contribution is 5.82. The van der Waals surface area contributed by atoms with Crippen molar-refractivity contribution in [3.05, 3.63) is 23.8 Å². The molecule has 1 aromatic rings. The van der Waals surface area contributed by atoms with Gasteiger partial charge >= 0.3 is 12.0 Å². The highest BCUT2D eigenvalue weighted by Gasteiger charge is 2.22. The number of aromatic hydroxyl groups is 2. The molecule has 0 radical (unpaired) electrons. The van der Waals surface area contributed by atoms with Crippen LogP contribution in [0.2, 0.25) is 0 Å². The number of carbonyl (C=O) groups excluding carboxylic acids is 1. The number of carboxylic acid groups (broad SMARTS) is 1. The van der Waals surface area contributed by atoms with E-state index < -0.39 is 18.0 Å². The van der Waals surface area contributed by atoms with Crippen LogP contribution in [0.5, 0.6) is 11.5 Å². The number of benzene rings is 1. The van der Waals surface area contributed by atoms with Gasteiger partial charge in [0.2, 0.25) is 0 Å². The van der Waals surface area contributed by atoms with Crippen LogP contribution in [-0.2, 0) is 11.2 Å². The van der Waals surface area contributed by atoms with Gasteiger partial charge in [0.15, 0.2) is 11.5 Å². The summed E-state index contributed by atoms with van der Waals surface area (Å²) >= 11 is 0. The van der Waals surface area contributed by atoms with Gasteiger partial charge in [-0.2, -0.15) is 0 Å². The van der Waals surface area contributed by atoms with Crippen LogP contribution < -0.4 is 5.32 Å². The molecule has 0 fully saturated rings. The third kappa shape index (κ3) is 4.04. The fourth-order valence-corrected chi connectivity index (χ4v) is 1.53. The Morgan fingerprint density at radius 3 is 2.45 bits per heavy atom. The Morgan fingerprint density at radius 1 is 1.30 bits per heavy atom. The first kappa shape index (κ1) is 15.6. The summed E-state index contributed by atoms with van der Waals surface area (Å²) in [6.45, 7) is 2.23. The lowest BCUT2D eigenvalue weighted by Crippen LogP contribution is -2.47. The fourth-order valence-electron chi connectivity index (χ4n) is 1.53.